The number of hydrogen-bond donors (Lipinski definition) is 2. The molecule has 3 N–H and O–H groups in total. The molecule has 24 heavy (non-hydrogen) atoms. The molecule has 2 rings (SSSR count). The van der Waals surface area contributed by atoms with Crippen LogP contribution in [0.5, 0.6) is 0 Å². The molecule has 1 fully saturated rings. The zero-order valence-corrected chi connectivity index (χ0v) is 15.8. The summed E-state index contributed by atoms with van der Waals surface area (Å²) in [5.74, 6) is -0.228. The van der Waals surface area contributed by atoms with Crippen LogP contribution in [0.15, 0.2) is 18.2 Å². The van der Waals surface area contributed by atoms with Crippen LogP contribution in [-0.4, -0.2) is 56.9 Å². The number of benzene rings is 1. The van der Waals surface area contributed by atoms with Crippen LogP contribution in [0, 0.1) is 6.92 Å². The topological polar surface area (TPSA) is 76.8 Å². The average Bonchev–Trinajstić information content (AvgIpc) is 2.52. The molecule has 1 aliphatic heterocycles. The van der Waals surface area contributed by atoms with Gasteiger partial charge in [0.25, 0.3) is 0 Å². The number of morpholine rings is 1. The molecule has 1 saturated heterocycles. The monoisotopic (exact) mass is 379 g/mol. The fourth-order valence-electron chi connectivity index (χ4n) is 2.40. The highest BCUT2D eigenvalue weighted by molar-refractivity contribution is 5.95. The number of hydrogen-bond acceptors (Lipinski definition) is 5. The third-order valence-corrected chi connectivity index (χ3v) is 3.75. The molecule has 0 bridgehead atoms. The Morgan fingerprint density at radius 1 is 1.38 bits per heavy atom. The van der Waals surface area contributed by atoms with Gasteiger partial charge < -0.3 is 20.5 Å². The minimum Gasteiger partial charge on any atom is -0.383 e. The highest BCUT2D eigenvalue weighted by atomic mass is 35.5. The number of halogens is 2. The van der Waals surface area contributed by atoms with Crippen LogP contribution < -0.4 is 11.1 Å². The molecule has 1 aromatic carbocycles. The summed E-state index contributed by atoms with van der Waals surface area (Å²) < 4.78 is 10.3. The van der Waals surface area contributed by atoms with Gasteiger partial charge in [-0.15, -0.1) is 24.8 Å². The Balaban J connectivity index is 0.00000264. The van der Waals surface area contributed by atoms with E-state index in [0.29, 0.717) is 0 Å². The standard InChI is InChI=1S/C16H25N3O3.2ClH/c1-12-3-4-13(10-19-5-7-22-8-6-19)9-15(12)18-16(20)14(17)11-21-2;;/h3-4,9,14H,5-8,10-11,17H2,1-2H3,(H,18,20);2*1H. The largest absolute Gasteiger partial charge is 0.383 e. The van der Waals surface area contributed by atoms with Crippen molar-refractivity contribution < 1.29 is 14.3 Å². The van der Waals surface area contributed by atoms with Gasteiger partial charge in [-0.05, 0) is 24.1 Å². The van der Waals surface area contributed by atoms with Crippen molar-refractivity contribution in [1.29, 1.82) is 0 Å². The normalized spacial score (nSPS) is 15.8. The Hall–Kier alpha value is -0.890. The Labute approximate surface area is 155 Å². The summed E-state index contributed by atoms with van der Waals surface area (Å²) in [6, 6.07) is 5.47. The smallest absolute Gasteiger partial charge is 0.243 e. The zero-order chi connectivity index (χ0) is 15.9. The molecule has 0 aromatic heterocycles. The van der Waals surface area contributed by atoms with Crippen molar-refractivity contribution in [2.75, 3.05) is 45.3 Å². The third-order valence-electron chi connectivity index (χ3n) is 3.75. The number of methoxy groups -OCH3 is 1. The van der Waals surface area contributed by atoms with E-state index in [1.54, 1.807) is 0 Å². The number of nitrogens with one attached hydrogen (secondary N) is 1. The molecule has 0 aliphatic carbocycles. The lowest BCUT2D eigenvalue weighted by molar-refractivity contribution is -0.118. The van der Waals surface area contributed by atoms with Gasteiger partial charge in [0, 0.05) is 32.4 Å². The van der Waals surface area contributed by atoms with Gasteiger partial charge in [-0.2, -0.15) is 0 Å². The van der Waals surface area contributed by atoms with E-state index in [0.717, 1.165) is 44.1 Å². The van der Waals surface area contributed by atoms with Crippen molar-refractivity contribution in [2.45, 2.75) is 19.5 Å². The number of nitrogens with two attached hydrogens (primary N) is 1. The van der Waals surface area contributed by atoms with Crippen LogP contribution >= 0.6 is 24.8 Å². The van der Waals surface area contributed by atoms with Crippen molar-refractivity contribution >= 4 is 36.4 Å². The number of rotatable bonds is 6. The number of amides is 1. The van der Waals surface area contributed by atoms with Crippen LogP contribution in [0.3, 0.4) is 0 Å². The van der Waals surface area contributed by atoms with Crippen molar-refractivity contribution in [2.24, 2.45) is 5.73 Å². The molecule has 138 valence electrons. The first kappa shape index (κ1) is 23.1. The molecule has 1 aromatic rings. The van der Waals surface area contributed by atoms with Crippen molar-refractivity contribution in [1.82, 2.24) is 4.90 Å². The van der Waals surface area contributed by atoms with Crippen LogP contribution in [0.2, 0.25) is 0 Å². The number of carbonyl (C=O) groups is 1. The summed E-state index contributed by atoms with van der Waals surface area (Å²) in [5.41, 5.74) is 8.75. The molecule has 1 amide bonds. The molecule has 1 aliphatic rings. The lowest BCUT2D eigenvalue weighted by Crippen LogP contribution is -2.39. The molecule has 0 spiro atoms. The second-order valence-electron chi connectivity index (χ2n) is 5.59. The highest BCUT2D eigenvalue weighted by Gasteiger charge is 2.15. The minimum atomic E-state index is -0.660. The minimum absolute atomic E-state index is 0. The van der Waals surface area contributed by atoms with Crippen molar-refractivity contribution in [3.63, 3.8) is 0 Å². The molecule has 1 heterocycles. The van der Waals surface area contributed by atoms with Crippen LogP contribution in [-0.2, 0) is 20.8 Å². The maximum Gasteiger partial charge on any atom is 0.243 e. The lowest BCUT2D eigenvalue weighted by atomic mass is 10.1. The molecular weight excluding hydrogens is 353 g/mol. The first-order valence-electron chi connectivity index (χ1n) is 7.55. The molecule has 0 saturated carbocycles. The van der Waals surface area contributed by atoms with Gasteiger partial charge in [-0.3, -0.25) is 9.69 Å². The third kappa shape index (κ3) is 6.93. The zero-order valence-electron chi connectivity index (χ0n) is 14.1. The van der Waals surface area contributed by atoms with Crippen LogP contribution in [0.4, 0.5) is 5.69 Å². The maximum atomic E-state index is 12.0. The molecule has 8 heteroatoms. The number of carbonyl (C=O) groups excluding carboxylic acids is 1. The SMILES string of the molecule is COCC(N)C(=O)Nc1cc(CN2CCOCC2)ccc1C.Cl.Cl. The summed E-state index contributed by atoms with van der Waals surface area (Å²) in [7, 11) is 1.53. The first-order chi connectivity index (χ1) is 10.6. The molecule has 6 nitrogen and oxygen atoms in total. The average molecular weight is 380 g/mol. The first-order valence-corrected chi connectivity index (χ1v) is 7.55. The van der Waals surface area contributed by atoms with E-state index in [1.807, 2.05) is 19.1 Å². The van der Waals surface area contributed by atoms with Gasteiger partial charge in [0.1, 0.15) is 6.04 Å². The molecule has 1 atom stereocenters. The molecule has 0 radical (unpaired) electrons. The van der Waals surface area contributed by atoms with Crippen molar-refractivity contribution in [3.05, 3.63) is 29.3 Å². The Bertz CT molecular complexity index is 511. The maximum absolute atomic E-state index is 12.0. The van der Waals surface area contributed by atoms with Gasteiger partial charge in [0.15, 0.2) is 0 Å². The Kier molecular flexibility index (Phi) is 11.2. The van der Waals surface area contributed by atoms with E-state index < -0.39 is 6.04 Å². The summed E-state index contributed by atoms with van der Waals surface area (Å²) >= 11 is 0. The van der Waals surface area contributed by atoms with E-state index in [9.17, 15) is 4.79 Å². The Morgan fingerprint density at radius 3 is 2.67 bits per heavy atom. The fraction of sp³-hybridized carbons (Fsp3) is 0.562. The van der Waals surface area contributed by atoms with Crippen molar-refractivity contribution in [3.8, 4) is 0 Å². The summed E-state index contributed by atoms with van der Waals surface area (Å²) in [6.45, 7) is 6.47. The predicted molar refractivity (Wildman–Crippen MR) is 100 cm³/mol. The van der Waals surface area contributed by atoms with E-state index in [-0.39, 0.29) is 37.3 Å². The second kappa shape index (κ2) is 11.6. The van der Waals surface area contributed by atoms with Gasteiger partial charge in [-0.1, -0.05) is 12.1 Å². The van der Waals surface area contributed by atoms with Gasteiger partial charge in [0.05, 0.1) is 19.8 Å². The van der Waals surface area contributed by atoms with E-state index in [4.69, 9.17) is 15.2 Å². The number of anilines is 1. The predicted octanol–water partition coefficient (Wildman–Crippen LogP) is 1.58. The van der Waals surface area contributed by atoms with Gasteiger partial charge in [0.2, 0.25) is 5.91 Å². The van der Waals surface area contributed by atoms with E-state index in [2.05, 4.69) is 16.3 Å². The highest BCUT2D eigenvalue weighted by Crippen LogP contribution is 2.18. The number of aryl methyl sites for hydroxylation is 1. The summed E-state index contributed by atoms with van der Waals surface area (Å²) in [4.78, 5) is 14.4. The van der Waals surface area contributed by atoms with E-state index >= 15 is 0 Å². The molecule has 1 unspecified atom stereocenters. The molecular formula is C16H27Cl2N3O3. The Morgan fingerprint density at radius 2 is 2.04 bits per heavy atom. The quantitative estimate of drug-likeness (QED) is 0.784. The lowest BCUT2D eigenvalue weighted by Gasteiger charge is -2.26. The number of nitrogens with zero attached hydrogens (tertiary/aromatic N) is 1. The van der Waals surface area contributed by atoms with Crippen LogP contribution in [0.25, 0.3) is 0 Å². The van der Waals surface area contributed by atoms with E-state index in [1.165, 1.54) is 12.7 Å². The second-order valence-corrected chi connectivity index (χ2v) is 5.59. The summed E-state index contributed by atoms with van der Waals surface area (Å²) in [6.07, 6.45) is 0. The van der Waals surface area contributed by atoms with Gasteiger partial charge in [-0.25, -0.2) is 0 Å². The van der Waals surface area contributed by atoms with Gasteiger partial charge >= 0.3 is 0 Å². The fourth-order valence-corrected chi connectivity index (χ4v) is 2.40. The van der Waals surface area contributed by atoms with Crippen LogP contribution in [0.1, 0.15) is 11.1 Å². The number of ether oxygens (including phenoxy) is 2. The summed E-state index contributed by atoms with van der Waals surface area (Å²) in [5, 5.41) is 2.89.